The number of hydrogen-bond acceptors (Lipinski definition) is 4. The average molecular weight is 280 g/mol. The zero-order valence-electron chi connectivity index (χ0n) is 10.4. The zero-order valence-corrected chi connectivity index (χ0v) is 11.2. The first kappa shape index (κ1) is 12.6. The highest BCUT2D eigenvalue weighted by Gasteiger charge is 2.32. The van der Waals surface area contributed by atoms with Crippen molar-refractivity contribution < 1.29 is 13.2 Å². The van der Waals surface area contributed by atoms with E-state index in [9.17, 15) is 13.2 Å². The Hall–Kier alpha value is -1.40. The van der Waals surface area contributed by atoms with E-state index in [4.69, 9.17) is 0 Å². The molecule has 0 saturated carbocycles. The van der Waals surface area contributed by atoms with Crippen molar-refractivity contribution in [2.75, 3.05) is 12.3 Å². The number of amides is 1. The van der Waals surface area contributed by atoms with Crippen LogP contribution in [0.2, 0.25) is 0 Å². The second kappa shape index (κ2) is 4.61. The number of carbonyl (C=O) groups is 1. The molecule has 1 amide bonds. The lowest BCUT2D eigenvalue weighted by molar-refractivity contribution is -0.119. The second-order valence-electron chi connectivity index (χ2n) is 5.07. The Morgan fingerprint density at radius 3 is 2.79 bits per heavy atom. The topological polar surface area (TPSA) is 75.3 Å². The van der Waals surface area contributed by atoms with Crippen molar-refractivity contribution >= 4 is 15.7 Å². The lowest BCUT2D eigenvalue weighted by Crippen LogP contribution is -2.37. The number of hydrogen-bond donors (Lipinski definition) is 2. The summed E-state index contributed by atoms with van der Waals surface area (Å²) in [5, 5.41) is 6.17. The van der Waals surface area contributed by atoms with E-state index in [2.05, 4.69) is 10.6 Å². The molecule has 102 valence electrons. The largest absolute Gasteiger partial charge is 0.354 e. The molecule has 6 heteroatoms. The van der Waals surface area contributed by atoms with Crippen LogP contribution in [-0.4, -0.2) is 32.7 Å². The van der Waals surface area contributed by atoms with Crippen molar-refractivity contribution in [1.29, 1.82) is 0 Å². The maximum atomic E-state index is 12.0. The van der Waals surface area contributed by atoms with E-state index >= 15 is 0 Å². The number of rotatable bonds is 2. The van der Waals surface area contributed by atoms with Gasteiger partial charge in [-0.15, -0.1) is 0 Å². The van der Waals surface area contributed by atoms with Crippen LogP contribution >= 0.6 is 0 Å². The molecule has 5 nitrogen and oxygen atoms in total. The fraction of sp³-hybridized carbons (Fsp3) is 0.462. The quantitative estimate of drug-likeness (QED) is 0.821. The number of nitrogens with one attached hydrogen (secondary N) is 2. The van der Waals surface area contributed by atoms with Gasteiger partial charge in [0, 0.05) is 25.0 Å². The van der Waals surface area contributed by atoms with E-state index in [0.717, 1.165) is 5.56 Å². The molecule has 1 fully saturated rings. The van der Waals surface area contributed by atoms with Gasteiger partial charge in [-0.1, -0.05) is 18.2 Å². The molecule has 2 aliphatic heterocycles. The molecule has 0 spiro atoms. The Morgan fingerprint density at radius 2 is 2.05 bits per heavy atom. The third kappa shape index (κ3) is 2.37. The summed E-state index contributed by atoms with van der Waals surface area (Å²) in [4.78, 5) is 11.6. The van der Waals surface area contributed by atoms with Crippen LogP contribution in [0.25, 0.3) is 0 Å². The van der Waals surface area contributed by atoms with Crippen LogP contribution in [0.1, 0.15) is 24.4 Å². The fourth-order valence-corrected chi connectivity index (χ4v) is 4.39. The lowest BCUT2D eigenvalue weighted by Gasteiger charge is -2.28. The van der Waals surface area contributed by atoms with Gasteiger partial charge in [0.2, 0.25) is 5.91 Å². The van der Waals surface area contributed by atoms with Crippen LogP contribution < -0.4 is 10.6 Å². The van der Waals surface area contributed by atoms with Gasteiger partial charge in [-0.2, -0.15) is 0 Å². The maximum Gasteiger partial charge on any atom is 0.221 e. The van der Waals surface area contributed by atoms with E-state index in [1.54, 1.807) is 12.1 Å². The van der Waals surface area contributed by atoms with Crippen molar-refractivity contribution in [3.05, 3.63) is 29.8 Å². The van der Waals surface area contributed by atoms with Gasteiger partial charge in [-0.3, -0.25) is 4.79 Å². The molecule has 0 radical (unpaired) electrons. The van der Waals surface area contributed by atoms with Gasteiger partial charge in [-0.05, 0) is 18.1 Å². The molecule has 2 atom stereocenters. The van der Waals surface area contributed by atoms with Gasteiger partial charge in [0.15, 0.2) is 9.84 Å². The molecule has 3 rings (SSSR count). The Bertz CT molecular complexity index is 612. The molecule has 0 aliphatic carbocycles. The van der Waals surface area contributed by atoms with Gasteiger partial charge in [0.05, 0.1) is 10.6 Å². The molecule has 1 saturated heterocycles. The van der Waals surface area contributed by atoms with Gasteiger partial charge in [-0.25, -0.2) is 8.42 Å². The minimum absolute atomic E-state index is 0.0115. The molecule has 19 heavy (non-hydrogen) atoms. The SMILES string of the molecule is O=C1CC(NC2CCS(=O)(=O)c3ccccc32)CN1. The number of sulfone groups is 1. The van der Waals surface area contributed by atoms with Crippen LogP contribution in [0.4, 0.5) is 0 Å². The molecule has 0 bridgehead atoms. The van der Waals surface area contributed by atoms with Gasteiger partial charge in [0.1, 0.15) is 0 Å². The van der Waals surface area contributed by atoms with Crippen LogP contribution in [-0.2, 0) is 14.6 Å². The van der Waals surface area contributed by atoms with E-state index in [-0.39, 0.29) is 23.7 Å². The summed E-state index contributed by atoms with van der Waals surface area (Å²) in [7, 11) is -3.14. The predicted molar refractivity (Wildman–Crippen MR) is 70.4 cm³/mol. The van der Waals surface area contributed by atoms with E-state index < -0.39 is 9.84 Å². The summed E-state index contributed by atoms with van der Waals surface area (Å²) >= 11 is 0. The van der Waals surface area contributed by atoms with E-state index in [1.165, 1.54) is 0 Å². The Balaban J connectivity index is 1.86. The molecule has 2 heterocycles. The minimum atomic E-state index is -3.14. The first-order valence-corrected chi connectivity index (χ1v) is 8.06. The van der Waals surface area contributed by atoms with Crippen molar-refractivity contribution in [3.8, 4) is 0 Å². The first-order chi connectivity index (χ1) is 9.06. The minimum Gasteiger partial charge on any atom is -0.354 e. The van der Waals surface area contributed by atoms with Crippen LogP contribution in [0.3, 0.4) is 0 Å². The van der Waals surface area contributed by atoms with Crippen molar-refractivity contribution in [2.45, 2.75) is 29.8 Å². The molecular weight excluding hydrogens is 264 g/mol. The molecule has 2 aliphatic rings. The predicted octanol–water partition coefficient (Wildman–Crippen LogP) is 0.383. The third-order valence-electron chi connectivity index (χ3n) is 3.72. The highest BCUT2D eigenvalue weighted by atomic mass is 32.2. The van der Waals surface area contributed by atoms with Crippen molar-refractivity contribution in [2.24, 2.45) is 0 Å². The molecule has 1 aromatic rings. The summed E-state index contributed by atoms with van der Waals surface area (Å²) in [6, 6.07) is 7.22. The van der Waals surface area contributed by atoms with Crippen LogP contribution in [0.15, 0.2) is 29.2 Å². The van der Waals surface area contributed by atoms with Crippen LogP contribution in [0, 0.1) is 0 Å². The van der Waals surface area contributed by atoms with Crippen molar-refractivity contribution in [1.82, 2.24) is 10.6 Å². The summed E-state index contributed by atoms with van der Waals surface area (Å²) in [5.74, 6) is 0.213. The molecule has 2 N–H and O–H groups in total. The summed E-state index contributed by atoms with van der Waals surface area (Å²) in [6.45, 7) is 0.615. The van der Waals surface area contributed by atoms with Crippen molar-refractivity contribution in [3.63, 3.8) is 0 Å². The zero-order chi connectivity index (χ0) is 13.5. The maximum absolute atomic E-state index is 12.0. The van der Waals surface area contributed by atoms with E-state index in [0.29, 0.717) is 24.3 Å². The van der Waals surface area contributed by atoms with Crippen LogP contribution in [0.5, 0.6) is 0 Å². The molecule has 1 aromatic carbocycles. The monoisotopic (exact) mass is 280 g/mol. The second-order valence-corrected chi connectivity index (χ2v) is 7.15. The number of fused-ring (bicyclic) bond motifs is 1. The van der Waals surface area contributed by atoms with Gasteiger partial charge in [0.25, 0.3) is 0 Å². The standard InChI is InChI=1S/C13H16N2O3S/c16-13-7-9(8-14-13)15-11-5-6-19(17,18)12-4-2-1-3-10(11)12/h1-4,9,11,15H,5-8H2,(H,14,16). The highest BCUT2D eigenvalue weighted by Crippen LogP contribution is 2.32. The lowest BCUT2D eigenvalue weighted by atomic mass is 10.0. The molecule has 2 unspecified atom stereocenters. The Labute approximate surface area is 112 Å². The average Bonchev–Trinajstić information content (AvgIpc) is 2.79. The third-order valence-corrected chi connectivity index (χ3v) is 5.53. The Morgan fingerprint density at radius 1 is 1.26 bits per heavy atom. The normalized spacial score (nSPS) is 28.7. The van der Waals surface area contributed by atoms with E-state index in [1.807, 2.05) is 12.1 Å². The number of benzene rings is 1. The smallest absolute Gasteiger partial charge is 0.221 e. The Kier molecular flexibility index (Phi) is 3.06. The fourth-order valence-electron chi connectivity index (χ4n) is 2.77. The molecule has 0 aromatic heterocycles. The van der Waals surface area contributed by atoms with Gasteiger partial charge >= 0.3 is 0 Å². The van der Waals surface area contributed by atoms with Gasteiger partial charge < -0.3 is 10.6 Å². The number of carbonyl (C=O) groups excluding carboxylic acids is 1. The summed E-state index contributed by atoms with van der Waals surface area (Å²) in [5.41, 5.74) is 0.827. The molecular formula is C13H16N2O3S. The summed E-state index contributed by atoms with van der Waals surface area (Å²) in [6.07, 6.45) is 1.02. The highest BCUT2D eigenvalue weighted by molar-refractivity contribution is 7.91. The first-order valence-electron chi connectivity index (χ1n) is 6.41. The summed E-state index contributed by atoms with van der Waals surface area (Å²) < 4.78 is 24.0.